The van der Waals surface area contributed by atoms with Crippen LogP contribution in [0.15, 0.2) is 26.5 Å². The summed E-state index contributed by atoms with van der Waals surface area (Å²) in [5.74, 6) is 0.748. The quantitative estimate of drug-likeness (QED) is 0.537. The smallest absolute Gasteiger partial charge is 0.349 e. The number of hydrogen-bond acceptors (Lipinski definition) is 7. The Hall–Kier alpha value is -3.11. The van der Waals surface area contributed by atoms with Crippen LogP contribution in [0.4, 0.5) is 5.82 Å². The summed E-state index contributed by atoms with van der Waals surface area (Å²) in [7, 11) is 0. The normalized spacial score (nSPS) is 17.5. The highest BCUT2D eigenvalue weighted by Gasteiger charge is 2.40. The van der Waals surface area contributed by atoms with Gasteiger partial charge < -0.3 is 10.5 Å². The van der Waals surface area contributed by atoms with Gasteiger partial charge in [0.25, 0.3) is 11.1 Å². The first-order chi connectivity index (χ1) is 14.8. The summed E-state index contributed by atoms with van der Waals surface area (Å²) in [5, 5.41) is 10.5. The minimum atomic E-state index is -0.800. The van der Waals surface area contributed by atoms with Gasteiger partial charge in [-0.05, 0) is 49.7 Å². The minimum Gasteiger partial charge on any atom is -0.434 e. The van der Waals surface area contributed by atoms with Crippen molar-refractivity contribution >= 4 is 29.0 Å². The maximum atomic E-state index is 12.4. The standard InChI is InChI=1S/C19H16Cl2N6O4/c20-11-5-8(27-19(30)23-17(29)15(22)26-27)6-12(21)14(11)31-18-10-4-3-9(7-1-2-7)13(10)16(28)24-25-18/h5-7,9H,1-4H2,(H2,22,26)(H,24,28)(H,23,29,30). The van der Waals surface area contributed by atoms with Crippen LogP contribution in [0.25, 0.3) is 5.69 Å². The second-order valence-electron chi connectivity index (χ2n) is 7.63. The monoisotopic (exact) mass is 462 g/mol. The van der Waals surface area contributed by atoms with Crippen LogP contribution in [0.2, 0.25) is 10.0 Å². The number of aromatic nitrogens is 5. The van der Waals surface area contributed by atoms with Crippen molar-refractivity contribution in [3.05, 3.63) is 64.5 Å². The Kier molecular flexibility index (Phi) is 4.63. The third kappa shape index (κ3) is 3.41. The highest BCUT2D eigenvalue weighted by atomic mass is 35.5. The van der Waals surface area contributed by atoms with Crippen molar-refractivity contribution in [2.24, 2.45) is 5.92 Å². The van der Waals surface area contributed by atoms with Crippen LogP contribution in [0.3, 0.4) is 0 Å². The summed E-state index contributed by atoms with van der Waals surface area (Å²) in [4.78, 5) is 37.9. The SMILES string of the molecule is Nc1nn(-c2cc(Cl)c(Oc3n[nH]c(=O)c4c3CCC4C3CC3)c(Cl)c2)c(=O)[nH]c1=O. The highest BCUT2D eigenvalue weighted by molar-refractivity contribution is 6.37. The van der Waals surface area contributed by atoms with Crippen LogP contribution in [-0.2, 0) is 6.42 Å². The Morgan fingerprint density at radius 2 is 1.81 bits per heavy atom. The molecule has 2 heterocycles. The molecule has 2 aromatic heterocycles. The summed E-state index contributed by atoms with van der Waals surface area (Å²) >= 11 is 12.7. The lowest BCUT2D eigenvalue weighted by Gasteiger charge is -2.14. The lowest BCUT2D eigenvalue weighted by Crippen LogP contribution is -2.33. The first-order valence-corrected chi connectivity index (χ1v) is 10.4. The van der Waals surface area contributed by atoms with E-state index in [1.165, 1.54) is 12.1 Å². The summed E-state index contributed by atoms with van der Waals surface area (Å²) in [6, 6.07) is 2.79. The molecular formula is C19H16Cl2N6O4. The molecule has 10 nitrogen and oxygen atoms in total. The van der Waals surface area contributed by atoms with Crippen LogP contribution in [0.1, 0.15) is 36.3 Å². The number of ether oxygens (including phenoxy) is 1. The van der Waals surface area contributed by atoms with E-state index >= 15 is 0 Å². The van der Waals surface area contributed by atoms with Crippen LogP contribution in [-0.4, -0.2) is 25.0 Å². The molecule has 160 valence electrons. The second-order valence-corrected chi connectivity index (χ2v) is 8.44. The molecule has 0 aliphatic heterocycles. The average Bonchev–Trinajstić information content (AvgIpc) is 3.47. The maximum Gasteiger partial charge on any atom is 0.349 e. The molecule has 0 radical (unpaired) electrons. The number of benzene rings is 1. The van der Waals surface area contributed by atoms with Crippen molar-refractivity contribution in [2.45, 2.75) is 31.6 Å². The van der Waals surface area contributed by atoms with Gasteiger partial charge in [0.1, 0.15) is 0 Å². The number of rotatable bonds is 4. The first kappa shape index (κ1) is 19.8. The van der Waals surface area contributed by atoms with Gasteiger partial charge in [0.2, 0.25) is 11.7 Å². The zero-order chi connectivity index (χ0) is 21.9. The Morgan fingerprint density at radius 3 is 2.48 bits per heavy atom. The number of H-pyrrole nitrogens is 2. The number of hydrogen-bond donors (Lipinski definition) is 3. The van der Waals surface area contributed by atoms with Gasteiger partial charge in [-0.3, -0.25) is 14.6 Å². The average molecular weight is 463 g/mol. The van der Waals surface area contributed by atoms with Gasteiger partial charge >= 0.3 is 5.69 Å². The molecule has 1 unspecified atom stereocenters. The van der Waals surface area contributed by atoms with Crippen molar-refractivity contribution in [1.82, 2.24) is 25.0 Å². The molecule has 31 heavy (non-hydrogen) atoms. The molecule has 1 saturated carbocycles. The molecule has 0 amide bonds. The summed E-state index contributed by atoms with van der Waals surface area (Å²) in [6.07, 6.45) is 3.83. The molecule has 0 saturated heterocycles. The molecule has 3 aromatic rings. The lowest BCUT2D eigenvalue weighted by molar-refractivity contribution is 0.448. The minimum absolute atomic E-state index is 0.0828. The summed E-state index contributed by atoms with van der Waals surface area (Å²) < 4.78 is 6.78. The Balaban J connectivity index is 1.54. The number of nitrogens with one attached hydrogen (secondary N) is 2. The number of nitrogen functional groups attached to an aromatic ring is 1. The van der Waals surface area contributed by atoms with E-state index in [1.54, 1.807) is 0 Å². The van der Waals surface area contributed by atoms with Crippen LogP contribution >= 0.6 is 23.2 Å². The topological polar surface area (TPSA) is 149 Å². The van der Waals surface area contributed by atoms with Gasteiger partial charge in [0, 0.05) is 11.1 Å². The number of nitrogens with zero attached hydrogens (tertiary/aromatic N) is 3. The van der Waals surface area contributed by atoms with E-state index in [-0.39, 0.29) is 44.7 Å². The van der Waals surface area contributed by atoms with Gasteiger partial charge in [-0.2, -0.15) is 4.68 Å². The van der Waals surface area contributed by atoms with Crippen LogP contribution < -0.4 is 27.3 Å². The molecule has 12 heteroatoms. The largest absolute Gasteiger partial charge is 0.434 e. The first-order valence-electron chi connectivity index (χ1n) is 9.61. The molecule has 1 atom stereocenters. The van der Waals surface area contributed by atoms with Gasteiger partial charge in [-0.15, -0.1) is 10.2 Å². The van der Waals surface area contributed by atoms with Crippen molar-refractivity contribution in [3.63, 3.8) is 0 Å². The number of halogens is 2. The molecule has 5 rings (SSSR count). The van der Waals surface area contributed by atoms with Crippen molar-refractivity contribution < 1.29 is 4.74 Å². The molecule has 4 N–H and O–H groups in total. The summed E-state index contributed by atoms with van der Waals surface area (Å²) in [5.41, 5.74) is 5.40. The van der Waals surface area contributed by atoms with Gasteiger partial charge in [-0.25, -0.2) is 9.89 Å². The van der Waals surface area contributed by atoms with E-state index in [4.69, 9.17) is 33.7 Å². The number of fused-ring (bicyclic) bond motifs is 1. The van der Waals surface area contributed by atoms with E-state index < -0.39 is 11.2 Å². The molecule has 1 fully saturated rings. The number of anilines is 1. The second kappa shape index (κ2) is 7.24. The predicted molar refractivity (Wildman–Crippen MR) is 114 cm³/mol. The van der Waals surface area contributed by atoms with Crippen molar-refractivity contribution in [3.8, 4) is 17.3 Å². The Bertz CT molecular complexity index is 1370. The van der Waals surface area contributed by atoms with Gasteiger partial charge in [0.15, 0.2) is 5.75 Å². The molecule has 0 bridgehead atoms. The van der Waals surface area contributed by atoms with Crippen molar-refractivity contribution in [1.29, 1.82) is 0 Å². The van der Waals surface area contributed by atoms with E-state index in [2.05, 4.69) is 20.3 Å². The fourth-order valence-corrected chi connectivity index (χ4v) is 4.62. The van der Waals surface area contributed by atoms with Gasteiger partial charge in [-0.1, -0.05) is 23.2 Å². The molecule has 1 aromatic carbocycles. The molecule has 0 spiro atoms. The van der Waals surface area contributed by atoms with E-state index in [9.17, 15) is 14.4 Å². The number of nitrogens with two attached hydrogens (primary N) is 1. The zero-order valence-corrected chi connectivity index (χ0v) is 17.5. The van der Waals surface area contributed by atoms with E-state index in [1.807, 2.05) is 0 Å². The third-order valence-corrected chi connectivity index (χ3v) is 6.20. The van der Waals surface area contributed by atoms with Crippen LogP contribution in [0.5, 0.6) is 11.6 Å². The van der Waals surface area contributed by atoms with E-state index in [0.29, 0.717) is 12.3 Å². The number of aromatic amines is 2. The van der Waals surface area contributed by atoms with E-state index in [0.717, 1.165) is 35.1 Å². The summed E-state index contributed by atoms with van der Waals surface area (Å²) in [6.45, 7) is 0. The molecule has 2 aliphatic carbocycles. The predicted octanol–water partition coefficient (Wildman–Crippen LogP) is 2.13. The molecular weight excluding hydrogens is 447 g/mol. The third-order valence-electron chi connectivity index (χ3n) is 5.63. The van der Waals surface area contributed by atoms with Crippen LogP contribution in [0, 0.1) is 5.92 Å². The fourth-order valence-electron chi connectivity index (χ4n) is 4.06. The maximum absolute atomic E-state index is 12.4. The van der Waals surface area contributed by atoms with Crippen molar-refractivity contribution in [2.75, 3.05) is 5.73 Å². The Morgan fingerprint density at radius 1 is 1.10 bits per heavy atom. The van der Waals surface area contributed by atoms with Gasteiger partial charge in [0.05, 0.1) is 15.7 Å². The lowest BCUT2D eigenvalue weighted by atomic mass is 9.98. The Labute approximate surface area is 184 Å². The fraction of sp³-hybridized carbons (Fsp3) is 0.316. The highest BCUT2D eigenvalue weighted by Crippen LogP contribution is 2.50. The molecule has 2 aliphatic rings. The zero-order valence-electron chi connectivity index (χ0n) is 15.9.